The fourth-order valence-corrected chi connectivity index (χ4v) is 4.25. The number of rotatable bonds is 5. The smallest absolute Gasteiger partial charge is 0.300 e. The number of hydrogen-bond acceptors (Lipinski definition) is 6. The molecule has 1 fully saturated rings. The fraction of sp³-hybridized carbons (Fsp3) is 0.107. The molecule has 1 aromatic heterocycles. The number of aliphatic hydroxyl groups is 1. The SMILES string of the molecule is COc1ccc(/C(O)=C2/C(=O)C(=O)N(c3ccc(-c4cc(C)no4)cc3)C2c2ccc(F)cc2)cc1. The first-order chi connectivity index (χ1) is 17.4. The molecular formula is C28H21FN2O5. The molecule has 3 aromatic carbocycles. The third-order valence-electron chi connectivity index (χ3n) is 6.05. The molecule has 1 saturated heterocycles. The van der Waals surface area contributed by atoms with E-state index in [9.17, 15) is 19.1 Å². The minimum Gasteiger partial charge on any atom is -0.507 e. The molecule has 36 heavy (non-hydrogen) atoms. The van der Waals surface area contributed by atoms with E-state index in [0.29, 0.717) is 28.3 Å². The molecule has 8 heteroatoms. The summed E-state index contributed by atoms with van der Waals surface area (Å²) in [6, 6.07) is 19.6. The van der Waals surface area contributed by atoms with Gasteiger partial charge in [0.2, 0.25) is 0 Å². The maximum Gasteiger partial charge on any atom is 0.300 e. The molecule has 0 bridgehead atoms. The molecule has 4 aromatic rings. The maximum absolute atomic E-state index is 13.7. The summed E-state index contributed by atoms with van der Waals surface area (Å²) in [5.41, 5.74) is 2.63. The van der Waals surface area contributed by atoms with Crippen LogP contribution in [0, 0.1) is 12.7 Å². The summed E-state index contributed by atoms with van der Waals surface area (Å²) in [6.07, 6.45) is 0. The van der Waals surface area contributed by atoms with Gasteiger partial charge in [0.05, 0.1) is 24.4 Å². The Kier molecular flexibility index (Phi) is 5.85. The van der Waals surface area contributed by atoms with E-state index in [-0.39, 0.29) is 11.3 Å². The van der Waals surface area contributed by atoms with Gasteiger partial charge in [0.15, 0.2) is 5.76 Å². The lowest BCUT2D eigenvalue weighted by Crippen LogP contribution is -2.29. The number of hydrogen-bond donors (Lipinski definition) is 1. The summed E-state index contributed by atoms with van der Waals surface area (Å²) in [7, 11) is 1.52. The van der Waals surface area contributed by atoms with Gasteiger partial charge in [-0.25, -0.2) is 4.39 Å². The lowest BCUT2D eigenvalue weighted by molar-refractivity contribution is -0.132. The molecule has 0 saturated carbocycles. The zero-order valence-corrected chi connectivity index (χ0v) is 19.4. The first-order valence-electron chi connectivity index (χ1n) is 11.1. The summed E-state index contributed by atoms with van der Waals surface area (Å²) in [6.45, 7) is 1.81. The van der Waals surface area contributed by atoms with Gasteiger partial charge in [0.25, 0.3) is 11.7 Å². The number of carbonyl (C=O) groups is 2. The van der Waals surface area contributed by atoms with Gasteiger partial charge in [0, 0.05) is 22.9 Å². The van der Waals surface area contributed by atoms with Crippen molar-refractivity contribution in [2.75, 3.05) is 12.0 Å². The molecule has 0 radical (unpaired) electrons. The molecule has 1 amide bonds. The highest BCUT2D eigenvalue weighted by atomic mass is 19.1. The van der Waals surface area contributed by atoms with Crippen molar-refractivity contribution in [2.45, 2.75) is 13.0 Å². The van der Waals surface area contributed by atoms with E-state index in [0.717, 1.165) is 11.3 Å². The molecule has 7 nitrogen and oxygen atoms in total. The molecule has 1 unspecified atom stereocenters. The number of Topliss-reactive ketones (excluding diaryl/α,β-unsaturated/α-hetero) is 1. The van der Waals surface area contributed by atoms with E-state index >= 15 is 0 Å². The molecule has 2 heterocycles. The van der Waals surface area contributed by atoms with Crippen LogP contribution in [0.3, 0.4) is 0 Å². The molecule has 0 aliphatic carbocycles. The highest BCUT2D eigenvalue weighted by Gasteiger charge is 2.47. The number of nitrogens with zero attached hydrogens (tertiary/aromatic N) is 2. The van der Waals surface area contributed by atoms with Gasteiger partial charge in [-0.2, -0.15) is 0 Å². The second-order valence-corrected chi connectivity index (χ2v) is 8.33. The number of aromatic nitrogens is 1. The summed E-state index contributed by atoms with van der Waals surface area (Å²) in [5, 5.41) is 15.0. The summed E-state index contributed by atoms with van der Waals surface area (Å²) in [4.78, 5) is 27.8. The normalized spacial score (nSPS) is 17.0. The number of aryl methyl sites for hydroxylation is 1. The maximum atomic E-state index is 13.7. The molecule has 180 valence electrons. The zero-order chi connectivity index (χ0) is 25.4. The Bertz CT molecular complexity index is 1470. The Morgan fingerprint density at radius 2 is 1.67 bits per heavy atom. The minimum absolute atomic E-state index is 0.0910. The summed E-state index contributed by atoms with van der Waals surface area (Å²) in [5.74, 6) is -1.30. The van der Waals surface area contributed by atoms with E-state index in [4.69, 9.17) is 9.26 Å². The van der Waals surface area contributed by atoms with E-state index < -0.39 is 23.5 Å². The number of aliphatic hydroxyl groups excluding tert-OH is 1. The number of carbonyl (C=O) groups excluding carboxylic acids is 2. The molecule has 0 spiro atoms. The van der Waals surface area contributed by atoms with Crippen LogP contribution in [0.2, 0.25) is 0 Å². The van der Waals surface area contributed by atoms with Crippen LogP contribution < -0.4 is 9.64 Å². The number of ether oxygens (including phenoxy) is 1. The van der Waals surface area contributed by atoms with Crippen LogP contribution >= 0.6 is 0 Å². The summed E-state index contributed by atoms with van der Waals surface area (Å²) >= 11 is 0. The lowest BCUT2D eigenvalue weighted by Gasteiger charge is -2.25. The number of benzene rings is 3. The van der Waals surface area contributed by atoms with Gasteiger partial charge < -0.3 is 14.4 Å². The zero-order valence-electron chi connectivity index (χ0n) is 19.4. The van der Waals surface area contributed by atoms with E-state index in [1.165, 1.54) is 36.3 Å². The first kappa shape index (κ1) is 23.0. The Labute approximate surface area is 206 Å². The average molecular weight is 484 g/mol. The van der Waals surface area contributed by atoms with Crippen LogP contribution in [0.1, 0.15) is 22.9 Å². The predicted octanol–water partition coefficient (Wildman–Crippen LogP) is 5.42. The van der Waals surface area contributed by atoms with Crippen LogP contribution in [0.5, 0.6) is 5.75 Å². The van der Waals surface area contributed by atoms with E-state index in [2.05, 4.69) is 5.16 Å². The van der Waals surface area contributed by atoms with Crippen molar-refractivity contribution in [1.29, 1.82) is 0 Å². The Balaban J connectivity index is 1.63. The van der Waals surface area contributed by atoms with Gasteiger partial charge in [-0.3, -0.25) is 14.5 Å². The van der Waals surface area contributed by atoms with Crippen molar-refractivity contribution >= 4 is 23.1 Å². The number of methoxy groups -OCH3 is 1. The average Bonchev–Trinajstić information content (AvgIpc) is 3.45. The predicted molar refractivity (Wildman–Crippen MR) is 131 cm³/mol. The first-order valence-corrected chi connectivity index (χ1v) is 11.1. The van der Waals surface area contributed by atoms with Crippen molar-refractivity contribution in [2.24, 2.45) is 0 Å². The topological polar surface area (TPSA) is 92.9 Å². The van der Waals surface area contributed by atoms with Crippen molar-refractivity contribution in [3.8, 4) is 17.1 Å². The van der Waals surface area contributed by atoms with Gasteiger partial charge in [-0.15, -0.1) is 0 Å². The fourth-order valence-electron chi connectivity index (χ4n) is 4.25. The van der Waals surface area contributed by atoms with Crippen molar-refractivity contribution in [3.63, 3.8) is 0 Å². The van der Waals surface area contributed by atoms with Gasteiger partial charge in [0.1, 0.15) is 17.3 Å². The largest absolute Gasteiger partial charge is 0.507 e. The van der Waals surface area contributed by atoms with Crippen LogP contribution in [0.25, 0.3) is 17.1 Å². The van der Waals surface area contributed by atoms with Crippen LogP contribution in [-0.4, -0.2) is 29.1 Å². The van der Waals surface area contributed by atoms with Gasteiger partial charge in [-0.05, 0) is 73.2 Å². The third-order valence-corrected chi connectivity index (χ3v) is 6.05. The quantitative estimate of drug-likeness (QED) is 0.231. The Morgan fingerprint density at radius 3 is 2.25 bits per heavy atom. The highest BCUT2D eigenvalue weighted by Crippen LogP contribution is 2.42. The van der Waals surface area contributed by atoms with Crippen LogP contribution in [0.4, 0.5) is 10.1 Å². The Morgan fingerprint density at radius 1 is 1.00 bits per heavy atom. The lowest BCUT2D eigenvalue weighted by atomic mass is 9.95. The number of ketones is 1. The number of anilines is 1. The van der Waals surface area contributed by atoms with Crippen molar-refractivity contribution in [1.82, 2.24) is 5.16 Å². The van der Waals surface area contributed by atoms with Crippen molar-refractivity contribution < 1.29 is 28.3 Å². The van der Waals surface area contributed by atoms with Gasteiger partial charge >= 0.3 is 0 Å². The van der Waals surface area contributed by atoms with Crippen LogP contribution in [0.15, 0.2) is 89.0 Å². The molecule has 1 aliphatic rings. The second-order valence-electron chi connectivity index (χ2n) is 8.33. The Hall–Kier alpha value is -4.72. The number of amides is 1. The molecular weight excluding hydrogens is 463 g/mol. The standard InChI is InChI=1S/C28H21FN2O5/c1-16-15-23(36-30-16)17-5-11-21(12-6-17)31-25(18-3-9-20(29)10-4-18)24(27(33)28(31)34)26(32)19-7-13-22(35-2)14-8-19/h3-15,25,32H,1-2H3/b26-24-. The van der Waals surface area contributed by atoms with E-state index in [1.807, 2.05) is 6.92 Å². The summed E-state index contributed by atoms with van der Waals surface area (Å²) < 4.78 is 24.2. The van der Waals surface area contributed by atoms with Gasteiger partial charge in [-0.1, -0.05) is 17.3 Å². The minimum atomic E-state index is -0.967. The molecule has 5 rings (SSSR count). The molecule has 1 atom stereocenters. The third kappa shape index (κ3) is 4.02. The second kappa shape index (κ2) is 9.14. The molecule has 1 N–H and O–H groups in total. The van der Waals surface area contributed by atoms with Crippen LogP contribution in [-0.2, 0) is 9.59 Å². The van der Waals surface area contributed by atoms with E-state index in [1.54, 1.807) is 54.6 Å². The highest BCUT2D eigenvalue weighted by molar-refractivity contribution is 6.51. The molecule has 1 aliphatic heterocycles. The number of halogens is 1. The van der Waals surface area contributed by atoms with Crippen molar-refractivity contribution in [3.05, 3.63) is 107 Å². The monoisotopic (exact) mass is 484 g/mol.